The molecule has 0 atom stereocenters. The Hall–Kier alpha value is -3.17. The highest BCUT2D eigenvalue weighted by molar-refractivity contribution is 7.16. The van der Waals surface area contributed by atoms with Gasteiger partial charge in [-0.25, -0.2) is 9.78 Å². The molecule has 30 heavy (non-hydrogen) atoms. The van der Waals surface area contributed by atoms with Gasteiger partial charge < -0.3 is 4.74 Å². The number of para-hydroxylation sites is 1. The highest BCUT2D eigenvalue weighted by Gasteiger charge is 2.25. The minimum absolute atomic E-state index is 0.0953. The van der Waals surface area contributed by atoms with Crippen LogP contribution in [0, 0.1) is 23.7 Å². The molecule has 6 heteroatoms. The van der Waals surface area contributed by atoms with Gasteiger partial charge in [-0.2, -0.15) is 5.26 Å². The summed E-state index contributed by atoms with van der Waals surface area (Å²) < 4.78 is 5.63. The Labute approximate surface area is 181 Å². The van der Waals surface area contributed by atoms with E-state index < -0.39 is 6.09 Å². The maximum atomic E-state index is 13.1. The number of amides is 1. The van der Waals surface area contributed by atoms with Crippen molar-refractivity contribution in [3.63, 3.8) is 0 Å². The SMILES string of the molecule is Cc1nc(CC(C)(C)C)sc1N(Cc1cccc(C#N)c1)C(=O)Oc1ccccc1. The average Bonchev–Trinajstić information content (AvgIpc) is 3.04. The molecule has 0 aliphatic carbocycles. The molecule has 0 radical (unpaired) electrons. The third-order valence-corrected chi connectivity index (χ3v) is 5.49. The number of hydrogen-bond donors (Lipinski definition) is 0. The largest absolute Gasteiger partial charge is 0.420 e. The summed E-state index contributed by atoms with van der Waals surface area (Å²) in [6.07, 6.45) is 0.349. The summed E-state index contributed by atoms with van der Waals surface area (Å²) in [4.78, 5) is 19.4. The van der Waals surface area contributed by atoms with Gasteiger partial charge in [-0.1, -0.05) is 51.1 Å². The molecule has 0 aliphatic heterocycles. The number of rotatable bonds is 5. The molecular formula is C24H25N3O2S. The summed E-state index contributed by atoms with van der Waals surface area (Å²) in [6, 6.07) is 18.4. The molecule has 154 valence electrons. The van der Waals surface area contributed by atoms with Gasteiger partial charge in [-0.05, 0) is 42.2 Å². The Morgan fingerprint density at radius 1 is 1.17 bits per heavy atom. The molecule has 1 heterocycles. The lowest BCUT2D eigenvalue weighted by atomic mass is 9.93. The first-order chi connectivity index (χ1) is 14.2. The number of aromatic nitrogens is 1. The summed E-state index contributed by atoms with van der Waals surface area (Å²) in [5, 5.41) is 11.0. The standard InChI is InChI=1S/C24H25N3O2S/c1-17-22(30-21(26-17)14-24(2,3)4)27(16-19-10-8-9-18(13-19)15-25)23(28)29-20-11-6-5-7-12-20/h5-13H,14,16H2,1-4H3. The van der Waals surface area contributed by atoms with Crippen LogP contribution in [-0.4, -0.2) is 11.1 Å². The van der Waals surface area contributed by atoms with Crippen LogP contribution in [-0.2, 0) is 13.0 Å². The van der Waals surface area contributed by atoms with Crippen molar-refractivity contribution in [3.05, 3.63) is 76.4 Å². The molecule has 1 amide bonds. The van der Waals surface area contributed by atoms with E-state index in [1.807, 2.05) is 37.3 Å². The second kappa shape index (κ2) is 9.10. The van der Waals surface area contributed by atoms with Crippen molar-refractivity contribution < 1.29 is 9.53 Å². The molecule has 2 aromatic carbocycles. The van der Waals surface area contributed by atoms with Crippen molar-refractivity contribution in [1.82, 2.24) is 4.98 Å². The van der Waals surface area contributed by atoms with Crippen molar-refractivity contribution >= 4 is 22.4 Å². The first-order valence-corrected chi connectivity index (χ1v) is 10.6. The van der Waals surface area contributed by atoms with E-state index in [0.717, 1.165) is 27.7 Å². The number of nitrogens with zero attached hydrogens (tertiary/aromatic N) is 3. The summed E-state index contributed by atoms with van der Waals surface area (Å²) in [5.41, 5.74) is 2.29. The molecule has 0 saturated carbocycles. The van der Waals surface area contributed by atoms with Gasteiger partial charge >= 0.3 is 6.09 Å². The smallest absolute Gasteiger partial charge is 0.410 e. The Kier molecular flexibility index (Phi) is 6.53. The zero-order valence-electron chi connectivity index (χ0n) is 17.7. The molecule has 0 saturated heterocycles. The molecule has 0 spiro atoms. The van der Waals surface area contributed by atoms with E-state index in [0.29, 0.717) is 17.9 Å². The lowest BCUT2D eigenvalue weighted by Crippen LogP contribution is -2.33. The van der Waals surface area contributed by atoms with Crippen LogP contribution in [0.1, 0.15) is 42.6 Å². The van der Waals surface area contributed by atoms with Crippen molar-refractivity contribution in [1.29, 1.82) is 5.26 Å². The number of nitriles is 1. The Morgan fingerprint density at radius 2 is 1.90 bits per heavy atom. The van der Waals surface area contributed by atoms with Crippen LogP contribution in [0.4, 0.5) is 9.80 Å². The molecule has 0 bridgehead atoms. The number of hydrogen-bond acceptors (Lipinski definition) is 5. The van der Waals surface area contributed by atoms with Crippen molar-refractivity contribution in [3.8, 4) is 11.8 Å². The van der Waals surface area contributed by atoms with Crippen LogP contribution in [0.2, 0.25) is 0 Å². The van der Waals surface area contributed by atoms with Crippen molar-refractivity contribution in [2.75, 3.05) is 4.90 Å². The minimum atomic E-state index is -0.474. The third kappa shape index (κ3) is 5.68. The highest BCUT2D eigenvalue weighted by Crippen LogP contribution is 2.33. The number of ether oxygens (including phenoxy) is 1. The lowest BCUT2D eigenvalue weighted by Gasteiger charge is -2.21. The van der Waals surface area contributed by atoms with Crippen molar-refractivity contribution in [2.45, 2.75) is 40.7 Å². The predicted octanol–water partition coefficient (Wildman–Crippen LogP) is 6.12. The molecular weight excluding hydrogens is 394 g/mol. The summed E-state index contributed by atoms with van der Waals surface area (Å²) >= 11 is 1.51. The van der Waals surface area contributed by atoms with Crippen LogP contribution < -0.4 is 9.64 Å². The Balaban J connectivity index is 1.94. The second-order valence-electron chi connectivity index (χ2n) is 8.31. The number of benzene rings is 2. The topological polar surface area (TPSA) is 66.2 Å². The van der Waals surface area contributed by atoms with Gasteiger partial charge in [0.25, 0.3) is 0 Å². The molecule has 3 rings (SSSR count). The van der Waals surface area contributed by atoms with E-state index in [9.17, 15) is 10.1 Å². The zero-order chi connectivity index (χ0) is 21.7. The maximum absolute atomic E-state index is 13.1. The van der Waals surface area contributed by atoms with Crippen LogP contribution in [0.3, 0.4) is 0 Å². The number of anilines is 1. The number of aryl methyl sites for hydroxylation is 1. The van der Waals surface area contributed by atoms with Gasteiger partial charge in [0.2, 0.25) is 0 Å². The van der Waals surface area contributed by atoms with Gasteiger partial charge in [-0.15, -0.1) is 11.3 Å². The van der Waals surface area contributed by atoms with Gasteiger partial charge in [0, 0.05) is 6.42 Å². The minimum Gasteiger partial charge on any atom is -0.410 e. The predicted molar refractivity (Wildman–Crippen MR) is 120 cm³/mol. The fourth-order valence-corrected chi connectivity index (χ4v) is 4.36. The van der Waals surface area contributed by atoms with E-state index in [-0.39, 0.29) is 5.41 Å². The molecule has 3 aromatic rings. The monoisotopic (exact) mass is 419 g/mol. The van der Waals surface area contributed by atoms with Crippen LogP contribution in [0.5, 0.6) is 5.75 Å². The van der Waals surface area contributed by atoms with Crippen LogP contribution in [0.25, 0.3) is 0 Å². The van der Waals surface area contributed by atoms with E-state index >= 15 is 0 Å². The summed E-state index contributed by atoms with van der Waals surface area (Å²) in [5.74, 6) is 0.482. The van der Waals surface area contributed by atoms with E-state index in [1.165, 1.54) is 11.3 Å². The van der Waals surface area contributed by atoms with E-state index in [4.69, 9.17) is 9.72 Å². The van der Waals surface area contributed by atoms with Crippen molar-refractivity contribution in [2.24, 2.45) is 5.41 Å². The molecule has 0 fully saturated rings. The first kappa shape index (κ1) is 21.5. The number of carbonyl (C=O) groups is 1. The third-order valence-electron chi connectivity index (χ3n) is 4.31. The molecule has 1 aromatic heterocycles. The van der Waals surface area contributed by atoms with Gasteiger partial charge in [0.15, 0.2) is 0 Å². The van der Waals surface area contributed by atoms with E-state index in [1.54, 1.807) is 29.2 Å². The van der Waals surface area contributed by atoms with Gasteiger partial charge in [-0.3, -0.25) is 4.90 Å². The summed E-state index contributed by atoms with van der Waals surface area (Å²) in [7, 11) is 0. The van der Waals surface area contributed by atoms with E-state index in [2.05, 4.69) is 26.8 Å². The van der Waals surface area contributed by atoms with Crippen LogP contribution >= 0.6 is 11.3 Å². The Morgan fingerprint density at radius 3 is 2.57 bits per heavy atom. The number of thiazole rings is 1. The maximum Gasteiger partial charge on any atom is 0.420 e. The quantitative estimate of drug-likeness (QED) is 0.500. The lowest BCUT2D eigenvalue weighted by molar-refractivity contribution is 0.207. The fraction of sp³-hybridized carbons (Fsp3) is 0.292. The highest BCUT2D eigenvalue weighted by atomic mass is 32.1. The first-order valence-electron chi connectivity index (χ1n) is 9.75. The second-order valence-corrected chi connectivity index (χ2v) is 9.38. The fourth-order valence-electron chi connectivity index (χ4n) is 3.01. The average molecular weight is 420 g/mol. The molecule has 0 unspecified atom stereocenters. The van der Waals surface area contributed by atoms with Gasteiger partial charge in [0.05, 0.1) is 28.9 Å². The number of carbonyl (C=O) groups excluding carboxylic acids is 1. The normalized spacial score (nSPS) is 11.0. The van der Waals surface area contributed by atoms with Crippen LogP contribution in [0.15, 0.2) is 54.6 Å². The molecule has 0 N–H and O–H groups in total. The Bertz CT molecular complexity index is 1060. The van der Waals surface area contributed by atoms with Gasteiger partial charge in [0.1, 0.15) is 10.8 Å². The molecule has 5 nitrogen and oxygen atoms in total. The summed E-state index contributed by atoms with van der Waals surface area (Å²) in [6.45, 7) is 8.69. The molecule has 0 aliphatic rings. The zero-order valence-corrected chi connectivity index (χ0v) is 18.5.